The van der Waals surface area contributed by atoms with Crippen LogP contribution in [0.25, 0.3) is 0 Å². The molecule has 0 radical (unpaired) electrons. The number of oxazole rings is 1. The molecule has 1 heterocycles. The van der Waals surface area contributed by atoms with E-state index in [0.717, 1.165) is 12.1 Å². The second-order valence-electron chi connectivity index (χ2n) is 4.37. The van der Waals surface area contributed by atoms with Gasteiger partial charge in [-0.1, -0.05) is 0 Å². The lowest BCUT2D eigenvalue weighted by molar-refractivity contribution is 0.427. The van der Waals surface area contributed by atoms with Gasteiger partial charge < -0.3 is 10.2 Å². The number of nitrogens with two attached hydrogens (primary N) is 1. The highest BCUT2D eigenvalue weighted by Gasteiger charge is 2.22. The lowest BCUT2D eigenvalue weighted by atomic mass is 10.3. The van der Waals surface area contributed by atoms with Crippen molar-refractivity contribution in [3.8, 4) is 0 Å². The van der Waals surface area contributed by atoms with Crippen LogP contribution in [0.3, 0.4) is 0 Å². The molecule has 2 aromatic rings. The summed E-state index contributed by atoms with van der Waals surface area (Å²) in [7, 11) is -3.91. The molecule has 8 heteroatoms. The minimum Gasteiger partial charge on any atom is -0.444 e. The third-order valence-corrected chi connectivity index (χ3v) is 4.07. The van der Waals surface area contributed by atoms with E-state index in [1.54, 1.807) is 13.8 Å². The van der Waals surface area contributed by atoms with Crippen LogP contribution in [0, 0.1) is 12.7 Å². The van der Waals surface area contributed by atoms with Crippen LogP contribution in [0.2, 0.25) is 0 Å². The minimum absolute atomic E-state index is 0.0324. The number of nitrogen functional groups attached to an aromatic ring is 1. The van der Waals surface area contributed by atoms with Crippen LogP contribution in [-0.4, -0.2) is 13.4 Å². The van der Waals surface area contributed by atoms with E-state index in [9.17, 15) is 12.8 Å². The molecule has 0 saturated heterocycles. The third-order valence-electron chi connectivity index (χ3n) is 2.55. The summed E-state index contributed by atoms with van der Waals surface area (Å²) in [4.78, 5) is 3.69. The van der Waals surface area contributed by atoms with Gasteiger partial charge in [0.25, 0.3) is 0 Å². The molecule has 0 fully saturated rings. The molecule has 2 rings (SSSR count). The summed E-state index contributed by atoms with van der Waals surface area (Å²) >= 11 is 0. The van der Waals surface area contributed by atoms with Gasteiger partial charge in [0.05, 0.1) is 17.1 Å². The summed E-state index contributed by atoms with van der Waals surface area (Å²) in [6.45, 7) is 3.27. The summed E-state index contributed by atoms with van der Waals surface area (Å²) < 4.78 is 45.1. The van der Waals surface area contributed by atoms with Crippen molar-refractivity contribution in [1.82, 2.24) is 9.71 Å². The SMILES string of the molecule is Cc1cnc(C(C)NS(=O)(=O)c2cc(N)cc(F)c2)o1. The van der Waals surface area contributed by atoms with Gasteiger partial charge in [-0.25, -0.2) is 17.8 Å². The number of aromatic nitrogens is 1. The van der Waals surface area contributed by atoms with Crippen LogP contribution in [0.5, 0.6) is 0 Å². The molecular weight excluding hydrogens is 285 g/mol. The molecule has 20 heavy (non-hydrogen) atoms. The molecule has 1 aromatic carbocycles. The second-order valence-corrected chi connectivity index (χ2v) is 6.09. The smallest absolute Gasteiger partial charge is 0.241 e. The van der Waals surface area contributed by atoms with Crippen LogP contribution in [0.15, 0.2) is 33.7 Å². The van der Waals surface area contributed by atoms with Crippen molar-refractivity contribution in [2.24, 2.45) is 0 Å². The van der Waals surface area contributed by atoms with Crippen molar-refractivity contribution in [3.63, 3.8) is 0 Å². The lowest BCUT2D eigenvalue weighted by Gasteiger charge is -2.11. The van der Waals surface area contributed by atoms with Gasteiger partial charge in [-0.05, 0) is 32.0 Å². The van der Waals surface area contributed by atoms with Gasteiger partial charge in [0.15, 0.2) is 0 Å². The monoisotopic (exact) mass is 299 g/mol. The van der Waals surface area contributed by atoms with Crippen molar-refractivity contribution in [2.45, 2.75) is 24.8 Å². The first-order valence-corrected chi connectivity index (χ1v) is 7.27. The van der Waals surface area contributed by atoms with Crippen molar-refractivity contribution in [1.29, 1.82) is 0 Å². The van der Waals surface area contributed by atoms with Gasteiger partial charge in [-0.15, -0.1) is 0 Å². The standard InChI is InChI=1S/C12H14FN3O3S/c1-7-6-15-12(19-7)8(2)16-20(17,18)11-4-9(13)3-10(14)5-11/h3-6,8,16H,14H2,1-2H3. The summed E-state index contributed by atoms with van der Waals surface area (Å²) in [5, 5.41) is 0. The lowest BCUT2D eigenvalue weighted by Crippen LogP contribution is -2.27. The van der Waals surface area contributed by atoms with Gasteiger partial charge in [0, 0.05) is 5.69 Å². The van der Waals surface area contributed by atoms with Crippen LogP contribution >= 0.6 is 0 Å². The largest absolute Gasteiger partial charge is 0.444 e. The van der Waals surface area contributed by atoms with Gasteiger partial charge in [-0.3, -0.25) is 0 Å². The maximum absolute atomic E-state index is 13.2. The highest BCUT2D eigenvalue weighted by Crippen LogP contribution is 2.19. The Bertz CT molecular complexity index is 707. The average Bonchev–Trinajstić information content (AvgIpc) is 2.74. The molecule has 0 aliphatic heterocycles. The Hall–Kier alpha value is -1.93. The Labute approximate surface area is 115 Å². The van der Waals surface area contributed by atoms with Crippen LogP contribution < -0.4 is 10.5 Å². The molecule has 0 amide bonds. The Morgan fingerprint density at radius 2 is 2.10 bits per heavy atom. The highest BCUT2D eigenvalue weighted by molar-refractivity contribution is 7.89. The first-order chi connectivity index (χ1) is 9.28. The number of nitrogens with zero attached hydrogens (tertiary/aromatic N) is 1. The molecule has 0 aliphatic carbocycles. The molecule has 1 unspecified atom stereocenters. The molecule has 1 atom stereocenters. The quantitative estimate of drug-likeness (QED) is 0.838. The zero-order valence-corrected chi connectivity index (χ0v) is 11.7. The van der Waals surface area contributed by atoms with Crippen molar-refractivity contribution >= 4 is 15.7 Å². The molecule has 0 aliphatic rings. The number of aryl methyl sites for hydroxylation is 1. The average molecular weight is 299 g/mol. The predicted octanol–water partition coefficient (Wildman–Crippen LogP) is 1.74. The Balaban J connectivity index is 2.27. The number of sulfonamides is 1. The minimum atomic E-state index is -3.91. The number of halogens is 1. The fourth-order valence-corrected chi connectivity index (χ4v) is 2.92. The highest BCUT2D eigenvalue weighted by atomic mass is 32.2. The third kappa shape index (κ3) is 3.14. The molecule has 6 nitrogen and oxygen atoms in total. The van der Waals surface area contributed by atoms with Crippen LogP contribution in [0.4, 0.5) is 10.1 Å². The first kappa shape index (κ1) is 14.5. The summed E-state index contributed by atoms with van der Waals surface area (Å²) in [6.07, 6.45) is 1.49. The maximum Gasteiger partial charge on any atom is 0.241 e. The predicted molar refractivity (Wildman–Crippen MR) is 70.8 cm³/mol. The van der Waals surface area contributed by atoms with Gasteiger partial charge in [0.1, 0.15) is 11.6 Å². The van der Waals surface area contributed by atoms with Gasteiger partial charge in [0.2, 0.25) is 15.9 Å². The second kappa shape index (κ2) is 5.22. The van der Waals surface area contributed by atoms with Crippen LogP contribution in [-0.2, 0) is 10.0 Å². The van der Waals surface area contributed by atoms with E-state index in [2.05, 4.69) is 9.71 Å². The van der Waals surface area contributed by atoms with Gasteiger partial charge >= 0.3 is 0 Å². The van der Waals surface area contributed by atoms with Crippen molar-refractivity contribution in [2.75, 3.05) is 5.73 Å². The van der Waals surface area contributed by atoms with Gasteiger partial charge in [-0.2, -0.15) is 4.72 Å². The molecule has 3 N–H and O–H groups in total. The van der Waals surface area contributed by atoms with E-state index in [0.29, 0.717) is 5.76 Å². The van der Waals surface area contributed by atoms with Crippen molar-refractivity contribution < 1.29 is 17.2 Å². The van der Waals surface area contributed by atoms with E-state index < -0.39 is 21.9 Å². The number of hydrogen-bond donors (Lipinski definition) is 2. The van der Waals surface area contributed by atoms with Crippen LogP contribution in [0.1, 0.15) is 24.6 Å². The molecule has 108 valence electrons. The van der Waals surface area contributed by atoms with E-state index in [4.69, 9.17) is 10.2 Å². The molecule has 0 bridgehead atoms. The molecule has 0 spiro atoms. The summed E-state index contributed by atoms with van der Waals surface area (Å²) in [6, 6.07) is 2.43. The molecular formula is C12H14FN3O3S. The molecule has 1 aromatic heterocycles. The van der Waals surface area contributed by atoms with E-state index in [1.165, 1.54) is 12.3 Å². The fourth-order valence-electron chi connectivity index (χ4n) is 1.66. The Morgan fingerprint density at radius 1 is 1.40 bits per heavy atom. The number of hydrogen-bond acceptors (Lipinski definition) is 5. The summed E-state index contributed by atoms with van der Waals surface area (Å²) in [5.74, 6) is 0.0847. The number of anilines is 1. The van der Waals surface area contributed by atoms with E-state index in [-0.39, 0.29) is 16.5 Å². The number of rotatable bonds is 4. The first-order valence-electron chi connectivity index (χ1n) is 5.78. The zero-order chi connectivity index (χ0) is 14.9. The van der Waals surface area contributed by atoms with E-state index in [1.807, 2.05) is 0 Å². The summed E-state index contributed by atoms with van der Waals surface area (Å²) in [5.41, 5.74) is 5.47. The Kier molecular flexibility index (Phi) is 3.78. The normalized spacial score (nSPS) is 13.3. The van der Waals surface area contributed by atoms with E-state index >= 15 is 0 Å². The fraction of sp³-hybridized carbons (Fsp3) is 0.250. The Morgan fingerprint density at radius 3 is 2.65 bits per heavy atom. The molecule has 0 saturated carbocycles. The number of nitrogens with one attached hydrogen (secondary N) is 1. The van der Waals surface area contributed by atoms with Crippen molar-refractivity contribution in [3.05, 3.63) is 41.9 Å². The maximum atomic E-state index is 13.2. The number of benzene rings is 1. The zero-order valence-electron chi connectivity index (χ0n) is 10.9. The topological polar surface area (TPSA) is 98.2 Å².